The highest BCUT2D eigenvalue weighted by atomic mass is 16.7. The first-order valence-electron chi connectivity index (χ1n) is 15.5. The van der Waals surface area contributed by atoms with Gasteiger partial charge in [0, 0.05) is 18.5 Å². The number of carboxylic acid groups (broad SMARTS) is 1. The van der Waals surface area contributed by atoms with Gasteiger partial charge in [-0.1, -0.05) is 30.3 Å². The van der Waals surface area contributed by atoms with Gasteiger partial charge < -0.3 is 48.5 Å². The Morgan fingerprint density at radius 1 is 0.860 bits per heavy atom. The molecule has 0 saturated carbocycles. The first-order valence-corrected chi connectivity index (χ1v) is 15.5. The van der Waals surface area contributed by atoms with Crippen molar-refractivity contribution in [1.29, 1.82) is 0 Å². The molecule has 15 heteroatoms. The SMILES string of the molecule is COc1ccc(OC(=O)N(CC(=O)O[C@@H]2O[C@H](C(=O)O)[C@@H](O)[C@H](O)[C@H]2O)Cc2ccc(OCCc3nc(-c4ccccc4)oc3C)cc2)cc1. The van der Waals surface area contributed by atoms with Gasteiger partial charge in [-0.25, -0.2) is 14.6 Å². The molecule has 0 radical (unpaired) electrons. The van der Waals surface area contributed by atoms with Gasteiger partial charge in [-0.2, -0.15) is 0 Å². The normalized spacial score (nSPS) is 20.1. The van der Waals surface area contributed by atoms with Crippen LogP contribution < -0.4 is 14.2 Å². The summed E-state index contributed by atoms with van der Waals surface area (Å²) in [6, 6.07) is 22.5. The van der Waals surface area contributed by atoms with E-state index in [0.717, 1.165) is 16.2 Å². The van der Waals surface area contributed by atoms with E-state index in [0.29, 0.717) is 41.7 Å². The topological polar surface area (TPSA) is 208 Å². The molecule has 0 unspecified atom stereocenters. The summed E-state index contributed by atoms with van der Waals surface area (Å²) in [5.74, 6) is -0.309. The Hall–Kier alpha value is -5.48. The van der Waals surface area contributed by atoms with E-state index in [4.69, 9.17) is 28.1 Å². The molecule has 4 N–H and O–H groups in total. The van der Waals surface area contributed by atoms with E-state index < -0.39 is 55.3 Å². The monoisotopic (exact) mass is 692 g/mol. The third-order valence-electron chi connectivity index (χ3n) is 7.72. The maximum absolute atomic E-state index is 13.3. The number of rotatable bonds is 13. The Balaban J connectivity index is 1.22. The second-order valence-corrected chi connectivity index (χ2v) is 11.3. The van der Waals surface area contributed by atoms with Crippen LogP contribution in [-0.4, -0.2) is 99.3 Å². The van der Waals surface area contributed by atoms with Crippen LogP contribution in [0.3, 0.4) is 0 Å². The van der Waals surface area contributed by atoms with Crippen molar-refractivity contribution in [1.82, 2.24) is 9.88 Å². The van der Waals surface area contributed by atoms with Gasteiger partial charge in [0.2, 0.25) is 12.2 Å². The number of hydrogen-bond acceptors (Lipinski definition) is 13. The van der Waals surface area contributed by atoms with Crippen molar-refractivity contribution in [2.75, 3.05) is 20.3 Å². The fourth-order valence-electron chi connectivity index (χ4n) is 5.01. The molecule has 5 atom stereocenters. The third-order valence-corrected chi connectivity index (χ3v) is 7.72. The van der Waals surface area contributed by atoms with Crippen molar-refractivity contribution < 1.29 is 62.9 Å². The van der Waals surface area contributed by atoms with Crippen LogP contribution in [0.15, 0.2) is 83.3 Å². The number of aryl methyl sites for hydroxylation is 1. The van der Waals surface area contributed by atoms with Gasteiger partial charge in [0.05, 0.1) is 19.4 Å². The highest BCUT2D eigenvalue weighted by molar-refractivity contribution is 5.79. The fourth-order valence-corrected chi connectivity index (χ4v) is 5.01. The Bertz CT molecular complexity index is 1740. The summed E-state index contributed by atoms with van der Waals surface area (Å²) < 4.78 is 32.4. The van der Waals surface area contributed by atoms with Crippen molar-refractivity contribution in [3.8, 4) is 28.7 Å². The zero-order valence-corrected chi connectivity index (χ0v) is 27.1. The van der Waals surface area contributed by atoms with Gasteiger partial charge in [-0.3, -0.25) is 9.69 Å². The number of hydrogen-bond donors (Lipinski definition) is 4. The summed E-state index contributed by atoms with van der Waals surface area (Å²) in [5.41, 5.74) is 2.22. The van der Waals surface area contributed by atoms with Gasteiger partial charge in [0.1, 0.15) is 47.9 Å². The van der Waals surface area contributed by atoms with Crippen molar-refractivity contribution >= 4 is 18.0 Å². The molecule has 50 heavy (non-hydrogen) atoms. The molecule has 1 aliphatic heterocycles. The van der Waals surface area contributed by atoms with Crippen LogP contribution in [0.25, 0.3) is 11.5 Å². The van der Waals surface area contributed by atoms with Crippen LogP contribution in [-0.2, 0) is 32.0 Å². The highest BCUT2D eigenvalue weighted by Crippen LogP contribution is 2.25. The Morgan fingerprint density at radius 2 is 1.52 bits per heavy atom. The van der Waals surface area contributed by atoms with E-state index in [1.165, 1.54) is 19.2 Å². The first-order chi connectivity index (χ1) is 24.0. The largest absolute Gasteiger partial charge is 0.497 e. The lowest BCUT2D eigenvalue weighted by Crippen LogP contribution is -2.60. The van der Waals surface area contributed by atoms with Crippen LogP contribution in [0.4, 0.5) is 4.79 Å². The third kappa shape index (κ3) is 8.95. The molecule has 1 amide bonds. The molecular weight excluding hydrogens is 656 g/mol. The average molecular weight is 693 g/mol. The van der Waals surface area contributed by atoms with Gasteiger partial charge in [-0.05, 0) is 61.0 Å². The zero-order chi connectivity index (χ0) is 35.8. The number of aliphatic carboxylic acids is 1. The molecule has 1 aromatic heterocycles. The molecule has 0 bridgehead atoms. The van der Waals surface area contributed by atoms with Crippen LogP contribution in [0.1, 0.15) is 17.0 Å². The number of nitrogens with zero attached hydrogens (tertiary/aromatic N) is 2. The van der Waals surface area contributed by atoms with Crippen LogP contribution in [0.2, 0.25) is 0 Å². The zero-order valence-electron chi connectivity index (χ0n) is 27.1. The predicted octanol–water partition coefficient (Wildman–Crippen LogP) is 2.72. The van der Waals surface area contributed by atoms with E-state index in [1.54, 1.807) is 36.4 Å². The van der Waals surface area contributed by atoms with E-state index in [9.17, 15) is 34.8 Å². The second kappa shape index (κ2) is 16.3. The number of carbonyl (C=O) groups is 3. The summed E-state index contributed by atoms with van der Waals surface area (Å²) in [6.07, 6.45) is -10.3. The lowest BCUT2D eigenvalue weighted by molar-refractivity contribution is -0.286. The number of benzene rings is 3. The predicted molar refractivity (Wildman–Crippen MR) is 172 cm³/mol. The van der Waals surface area contributed by atoms with E-state index in [1.807, 2.05) is 37.3 Å². The molecule has 0 aliphatic carbocycles. The van der Waals surface area contributed by atoms with Gasteiger partial charge in [0.15, 0.2) is 6.10 Å². The first kappa shape index (κ1) is 35.8. The van der Waals surface area contributed by atoms with Crippen molar-refractivity contribution in [3.05, 3.63) is 95.9 Å². The Kier molecular flexibility index (Phi) is 11.7. The maximum atomic E-state index is 13.3. The summed E-state index contributed by atoms with van der Waals surface area (Å²) >= 11 is 0. The van der Waals surface area contributed by atoms with Gasteiger partial charge in [-0.15, -0.1) is 0 Å². The summed E-state index contributed by atoms with van der Waals surface area (Å²) in [6.45, 7) is 1.29. The summed E-state index contributed by atoms with van der Waals surface area (Å²) in [4.78, 5) is 43.2. The van der Waals surface area contributed by atoms with Crippen molar-refractivity contribution in [3.63, 3.8) is 0 Å². The minimum atomic E-state index is -1.98. The molecule has 1 fully saturated rings. The number of aliphatic hydroxyl groups excluding tert-OH is 3. The Labute approximate surface area is 286 Å². The van der Waals surface area contributed by atoms with E-state index >= 15 is 0 Å². The molecule has 2 heterocycles. The number of oxazole rings is 1. The van der Waals surface area contributed by atoms with E-state index in [2.05, 4.69) is 4.98 Å². The summed E-state index contributed by atoms with van der Waals surface area (Å²) in [7, 11) is 1.48. The van der Waals surface area contributed by atoms with Crippen LogP contribution >= 0.6 is 0 Å². The minimum absolute atomic E-state index is 0.141. The number of esters is 1. The highest BCUT2D eigenvalue weighted by Gasteiger charge is 2.48. The minimum Gasteiger partial charge on any atom is -0.497 e. The molecule has 1 saturated heterocycles. The lowest BCUT2D eigenvalue weighted by Gasteiger charge is -2.38. The second-order valence-electron chi connectivity index (χ2n) is 11.3. The van der Waals surface area contributed by atoms with Crippen molar-refractivity contribution in [2.24, 2.45) is 0 Å². The molecule has 4 aromatic rings. The molecular formula is C35H36N2O13. The molecule has 0 spiro atoms. The van der Waals surface area contributed by atoms with Gasteiger partial charge in [0.25, 0.3) is 0 Å². The smallest absolute Gasteiger partial charge is 0.416 e. The average Bonchev–Trinajstić information content (AvgIpc) is 3.49. The quantitative estimate of drug-likeness (QED) is 0.149. The lowest BCUT2D eigenvalue weighted by atomic mass is 9.99. The number of methoxy groups -OCH3 is 1. The van der Waals surface area contributed by atoms with Gasteiger partial charge >= 0.3 is 18.0 Å². The maximum Gasteiger partial charge on any atom is 0.416 e. The molecule has 1 aliphatic rings. The van der Waals surface area contributed by atoms with Crippen LogP contribution in [0, 0.1) is 6.92 Å². The standard InChI is InChI=1S/C35H36N2O13/c1-20-26(36-32(47-20)22-6-4-3-5-7-22)16-17-46-24-10-8-21(9-11-24)18-37(35(44)48-25-14-12-23(45-2)13-15-25)19-27(38)49-34-30(41)28(39)29(40)31(50-34)33(42)43/h3-15,28-31,34,39-41H,16-19H2,1-2H3,(H,42,43)/t28-,29-,30+,31-,34+/m0/s1. The molecule has 264 valence electrons. The number of carboxylic acids is 1. The molecule has 5 rings (SSSR count). The number of ether oxygens (including phenoxy) is 5. The number of aliphatic hydroxyl groups is 3. The number of carbonyl (C=O) groups excluding carboxylic acids is 2. The van der Waals surface area contributed by atoms with E-state index in [-0.39, 0.29) is 12.3 Å². The molecule has 15 nitrogen and oxygen atoms in total. The number of aromatic nitrogens is 1. The van der Waals surface area contributed by atoms with Crippen molar-refractivity contribution in [2.45, 2.75) is 50.6 Å². The molecule has 3 aromatic carbocycles. The fraction of sp³-hybridized carbons (Fsp3) is 0.314. The Morgan fingerprint density at radius 3 is 2.18 bits per heavy atom. The number of amides is 1. The summed E-state index contributed by atoms with van der Waals surface area (Å²) in [5, 5.41) is 39.5. The van der Waals surface area contributed by atoms with Crippen LogP contribution in [0.5, 0.6) is 17.2 Å².